The molecule has 2 heterocycles. The lowest BCUT2D eigenvalue weighted by molar-refractivity contribution is -0.128. The second kappa shape index (κ2) is 9.66. The second-order valence-electron chi connectivity index (χ2n) is 8.99. The Morgan fingerprint density at radius 1 is 1.15 bits per heavy atom. The van der Waals surface area contributed by atoms with E-state index in [1.807, 2.05) is 0 Å². The summed E-state index contributed by atoms with van der Waals surface area (Å²) in [4.78, 5) is 35.9. The average molecular weight is 473 g/mol. The normalized spacial score (nSPS) is 11.6. The minimum Gasteiger partial charge on any atom is -0.352 e. The summed E-state index contributed by atoms with van der Waals surface area (Å²) in [6.07, 6.45) is -1.78. The molecule has 3 aromatic rings. The van der Waals surface area contributed by atoms with Gasteiger partial charge in [0.25, 0.3) is 12.3 Å². The number of benzene rings is 1. The molecule has 1 aromatic carbocycles. The van der Waals surface area contributed by atoms with Gasteiger partial charge in [-0.05, 0) is 49.2 Å². The average Bonchev–Trinajstić information content (AvgIpc) is 3.12. The summed E-state index contributed by atoms with van der Waals surface area (Å²) in [6.45, 7) is 8.60. The van der Waals surface area contributed by atoms with Gasteiger partial charge in [-0.3, -0.25) is 19.9 Å². The molecule has 0 unspecified atom stereocenters. The molecule has 0 saturated heterocycles. The zero-order chi connectivity index (χ0) is 25.2. The highest BCUT2D eigenvalue weighted by Gasteiger charge is 2.24. The molecule has 3 rings (SSSR count). The van der Waals surface area contributed by atoms with Crippen LogP contribution in [0, 0.1) is 25.1 Å². The number of alkyl halides is 2. The van der Waals surface area contributed by atoms with Crippen LogP contribution in [0.1, 0.15) is 60.1 Å². The van der Waals surface area contributed by atoms with E-state index in [4.69, 9.17) is 0 Å². The Labute approximate surface area is 195 Å². The van der Waals surface area contributed by atoms with Crippen molar-refractivity contribution in [2.45, 2.75) is 47.6 Å². The Morgan fingerprint density at radius 3 is 2.47 bits per heavy atom. The van der Waals surface area contributed by atoms with Gasteiger partial charge in [-0.2, -0.15) is 0 Å². The SMILES string of the molecule is Cc1cc(-c2nc(NC(=O)c3cc(CNC(=O)C(C)(C)C)cnc3C(F)F)[nH]c2C)ccc1F. The largest absolute Gasteiger partial charge is 0.352 e. The number of aryl methyl sites for hydroxylation is 2. The Morgan fingerprint density at radius 2 is 1.85 bits per heavy atom. The van der Waals surface area contributed by atoms with E-state index < -0.39 is 23.4 Å². The van der Waals surface area contributed by atoms with Crippen molar-refractivity contribution in [2.75, 3.05) is 5.32 Å². The van der Waals surface area contributed by atoms with Crippen molar-refractivity contribution in [1.29, 1.82) is 0 Å². The highest BCUT2D eigenvalue weighted by atomic mass is 19.3. The number of aromatic amines is 1. The standard InChI is InChI=1S/C24H26F3N5O2/c1-12-8-15(6-7-17(12)25)18-13(2)30-23(31-18)32-21(33)16-9-14(10-28-19(16)20(26)27)11-29-22(34)24(3,4)5/h6-10,20H,11H2,1-5H3,(H,29,34)(H2,30,31,32,33). The molecule has 3 N–H and O–H groups in total. The fourth-order valence-electron chi connectivity index (χ4n) is 3.19. The van der Waals surface area contributed by atoms with Crippen molar-refractivity contribution in [3.63, 3.8) is 0 Å². The number of hydrogen-bond donors (Lipinski definition) is 3. The Hall–Kier alpha value is -3.69. The molecule has 0 aliphatic heterocycles. The first-order valence-electron chi connectivity index (χ1n) is 10.6. The molecule has 0 aliphatic carbocycles. The fourth-order valence-corrected chi connectivity index (χ4v) is 3.19. The number of rotatable bonds is 6. The summed E-state index contributed by atoms with van der Waals surface area (Å²) in [5.74, 6) is -1.37. The van der Waals surface area contributed by atoms with Crippen molar-refractivity contribution in [1.82, 2.24) is 20.3 Å². The number of pyridine rings is 1. The predicted molar refractivity (Wildman–Crippen MR) is 122 cm³/mol. The minimum atomic E-state index is -2.98. The zero-order valence-electron chi connectivity index (χ0n) is 19.5. The lowest BCUT2D eigenvalue weighted by atomic mass is 9.95. The van der Waals surface area contributed by atoms with Gasteiger partial charge in [0.2, 0.25) is 11.9 Å². The number of hydrogen-bond acceptors (Lipinski definition) is 4. The van der Waals surface area contributed by atoms with Crippen molar-refractivity contribution < 1.29 is 22.8 Å². The number of nitrogens with zero attached hydrogens (tertiary/aromatic N) is 2. The molecule has 0 atom stereocenters. The van der Waals surface area contributed by atoms with Gasteiger partial charge in [-0.15, -0.1) is 0 Å². The summed E-state index contributed by atoms with van der Waals surface area (Å²) in [7, 11) is 0. The molecule has 0 aliphatic rings. The van der Waals surface area contributed by atoms with E-state index in [1.165, 1.54) is 18.3 Å². The predicted octanol–water partition coefficient (Wildman–Crippen LogP) is 5.08. The van der Waals surface area contributed by atoms with Crippen molar-refractivity contribution in [3.8, 4) is 11.3 Å². The van der Waals surface area contributed by atoms with Gasteiger partial charge in [0, 0.05) is 29.4 Å². The first-order valence-corrected chi connectivity index (χ1v) is 10.6. The molecule has 0 fully saturated rings. The van der Waals surface area contributed by atoms with Crippen LogP contribution in [-0.2, 0) is 11.3 Å². The van der Waals surface area contributed by atoms with Crippen LogP contribution in [0.2, 0.25) is 0 Å². The van der Waals surface area contributed by atoms with E-state index in [0.29, 0.717) is 28.1 Å². The molecule has 0 radical (unpaired) electrons. The highest BCUT2D eigenvalue weighted by Crippen LogP contribution is 2.26. The Bertz CT molecular complexity index is 1230. The van der Waals surface area contributed by atoms with Crippen LogP contribution < -0.4 is 10.6 Å². The van der Waals surface area contributed by atoms with Crippen LogP contribution in [0.25, 0.3) is 11.3 Å². The molecule has 7 nitrogen and oxygen atoms in total. The topological polar surface area (TPSA) is 99.8 Å². The number of anilines is 1. The molecule has 34 heavy (non-hydrogen) atoms. The quantitative estimate of drug-likeness (QED) is 0.465. The first kappa shape index (κ1) is 24.9. The molecule has 0 saturated carbocycles. The van der Waals surface area contributed by atoms with Gasteiger partial charge in [-0.25, -0.2) is 18.2 Å². The molecule has 0 bridgehead atoms. The maximum absolute atomic E-state index is 13.6. The first-order chi connectivity index (χ1) is 15.9. The van der Waals surface area contributed by atoms with Crippen molar-refractivity contribution >= 4 is 17.8 Å². The van der Waals surface area contributed by atoms with E-state index in [0.717, 1.165) is 0 Å². The van der Waals surface area contributed by atoms with Crippen LogP contribution in [-0.4, -0.2) is 26.8 Å². The third-order valence-corrected chi connectivity index (χ3v) is 5.11. The molecular weight excluding hydrogens is 447 g/mol. The van der Waals surface area contributed by atoms with Crippen molar-refractivity contribution in [2.24, 2.45) is 5.41 Å². The van der Waals surface area contributed by atoms with Gasteiger partial charge < -0.3 is 10.3 Å². The number of amides is 2. The van der Waals surface area contributed by atoms with Gasteiger partial charge in [0.1, 0.15) is 11.5 Å². The van der Waals surface area contributed by atoms with Crippen LogP contribution in [0.4, 0.5) is 19.1 Å². The molecular formula is C24H26F3N5O2. The van der Waals surface area contributed by atoms with Crippen LogP contribution in [0.3, 0.4) is 0 Å². The van der Waals surface area contributed by atoms with Gasteiger partial charge >= 0.3 is 0 Å². The highest BCUT2D eigenvalue weighted by molar-refractivity contribution is 6.04. The molecule has 2 amide bonds. The lowest BCUT2D eigenvalue weighted by Gasteiger charge is -2.18. The Balaban J connectivity index is 1.84. The van der Waals surface area contributed by atoms with Gasteiger partial charge in [0.15, 0.2) is 0 Å². The fraction of sp³-hybridized carbons (Fsp3) is 0.333. The number of H-pyrrole nitrogens is 1. The summed E-state index contributed by atoms with van der Waals surface area (Å²) in [6, 6.07) is 5.78. The third-order valence-electron chi connectivity index (χ3n) is 5.11. The number of carbonyl (C=O) groups is 2. The summed E-state index contributed by atoms with van der Waals surface area (Å²) in [5.41, 5.74) is 0.927. The van der Waals surface area contributed by atoms with Crippen molar-refractivity contribution in [3.05, 3.63) is 64.4 Å². The molecule has 10 heteroatoms. The number of aromatic nitrogens is 3. The van der Waals surface area contributed by atoms with Gasteiger partial charge in [-0.1, -0.05) is 20.8 Å². The third kappa shape index (κ3) is 5.62. The zero-order valence-corrected chi connectivity index (χ0v) is 19.5. The molecule has 180 valence electrons. The minimum absolute atomic E-state index is 0.0286. The van der Waals surface area contributed by atoms with Gasteiger partial charge in [0.05, 0.1) is 11.3 Å². The van der Waals surface area contributed by atoms with E-state index in [9.17, 15) is 22.8 Å². The lowest BCUT2D eigenvalue weighted by Crippen LogP contribution is -2.34. The smallest absolute Gasteiger partial charge is 0.281 e. The second-order valence-corrected chi connectivity index (χ2v) is 8.99. The van der Waals surface area contributed by atoms with Crippen LogP contribution in [0.5, 0.6) is 0 Å². The van der Waals surface area contributed by atoms with Crippen LogP contribution in [0.15, 0.2) is 30.5 Å². The van der Waals surface area contributed by atoms with E-state index >= 15 is 0 Å². The Kier molecular flexibility index (Phi) is 7.09. The number of imidazole rings is 1. The summed E-state index contributed by atoms with van der Waals surface area (Å²) < 4.78 is 40.6. The summed E-state index contributed by atoms with van der Waals surface area (Å²) in [5, 5.41) is 5.18. The number of halogens is 3. The number of nitrogens with one attached hydrogen (secondary N) is 3. The van der Waals surface area contributed by atoms with Crippen LogP contribution >= 0.6 is 0 Å². The monoisotopic (exact) mass is 473 g/mol. The maximum Gasteiger partial charge on any atom is 0.281 e. The molecule has 2 aromatic heterocycles. The summed E-state index contributed by atoms with van der Waals surface area (Å²) >= 11 is 0. The van der Waals surface area contributed by atoms with E-state index in [-0.39, 0.29) is 29.8 Å². The van der Waals surface area contributed by atoms with E-state index in [2.05, 4.69) is 25.6 Å². The maximum atomic E-state index is 13.6. The van der Waals surface area contributed by atoms with E-state index in [1.54, 1.807) is 46.8 Å². The molecule has 0 spiro atoms. The number of carbonyl (C=O) groups excluding carboxylic acids is 2.